The normalized spacial score (nSPS) is 17.2. The van der Waals surface area contributed by atoms with Crippen LogP contribution < -0.4 is 4.90 Å². The Morgan fingerprint density at radius 1 is 0.875 bits per heavy atom. The summed E-state index contributed by atoms with van der Waals surface area (Å²) in [6.45, 7) is 26.6. The van der Waals surface area contributed by atoms with Crippen molar-refractivity contribution >= 4 is 26.0 Å². The van der Waals surface area contributed by atoms with E-state index in [1.165, 1.54) is 44.8 Å². The highest BCUT2D eigenvalue weighted by Gasteiger charge is 2.42. The number of nitrogens with zero attached hydrogens (tertiary/aromatic N) is 2. The summed E-state index contributed by atoms with van der Waals surface area (Å²) in [5, 5.41) is 0.208. The predicted molar refractivity (Wildman–Crippen MR) is 142 cm³/mol. The maximum atomic E-state index is 6.75. The third-order valence-corrected chi connectivity index (χ3v) is 11.8. The summed E-state index contributed by atoms with van der Waals surface area (Å²) in [7, 11) is -1.83. The van der Waals surface area contributed by atoms with Crippen LogP contribution in [0.2, 0.25) is 18.1 Å². The van der Waals surface area contributed by atoms with Crippen molar-refractivity contribution < 1.29 is 9.00 Å². The van der Waals surface area contributed by atoms with Crippen LogP contribution in [-0.4, -0.2) is 38.4 Å². The van der Waals surface area contributed by atoms with Crippen molar-refractivity contribution in [1.82, 2.24) is 0 Å². The molecule has 0 spiro atoms. The molecule has 1 atom stereocenters. The standard InChI is InChI=1S/C28H43N2OSi/c1-19-12-21(3)26(22(4)13-19)29-16-25(17-31-32(10,11)28(7,8)9)30(18-29)27-23(5)14-20(2)15-24(27)6/h12-15,18,25H,16-17H2,1-11H3/q+1. The molecule has 2 aromatic rings. The molecule has 32 heavy (non-hydrogen) atoms. The van der Waals surface area contributed by atoms with Crippen LogP contribution in [0.25, 0.3) is 0 Å². The molecule has 4 heteroatoms. The lowest BCUT2D eigenvalue weighted by Crippen LogP contribution is -2.46. The van der Waals surface area contributed by atoms with E-state index >= 15 is 0 Å². The van der Waals surface area contributed by atoms with E-state index in [2.05, 4.69) is 115 Å². The maximum absolute atomic E-state index is 6.75. The first-order valence-corrected chi connectivity index (χ1v) is 14.8. The fourth-order valence-corrected chi connectivity index (χ4v) is 5.90. The molecule has 0 fully saturated rings. The molecule has 1 aliphatic rings. The molecule has 0 radical (unpaired) electrons. The van der Waals surface area contributed by atoms with Gasteiger partial charge in [0.05, 0.1) is 6.61 Å². The minimum Gasteiger partial charge on any atom is -0.412 e. The van der Waals surface area contributed by atoms with Gasteiger partial charge in [-0.2, -0.15) is 0 Å². The highest BCUT2D eigenvalue weighted by Crippen LogP contribution is 2.38. The van der Waals surface area contributed by atoms with E-state index in [0.29, 0.717) is 0 Å². The number of hydrogen-bond acceptors (Lipinski definition) is 2. The van der Waals surface area contributed by atoms with Gasteiger partial charge in [-0.25, -0.2) is 9.48 Å². The van der Waals surface area contributed by atoms with Crippen molar-refractivity contribution in [2.75, 3.05) is 18.1 Å². The van der Waals surface area contributed by atoms with Crippen LogP contribution in [0.1, 0.15) is 54.2 Å². The number of aryl methyl sites for hydroxylation is 6. The van der Waals surface area contributed by atoms with Crippen LogP contribution in [0.4, 0.5) is 11.4 Å². The van der Waals surface area contributed by atoms with Crippen molar-refractivity contribution in [2.24, 2.45) is 0 Å². The van der Waals surface area contributed by atoms with E-state index in [0.717, 1.165) is 13.2 Å². The molecule has 3 nitrogen and oxygen atoms in total. The number of benzene rings is 2. The fraction of sp³-hybridized carbons (Fsp3) is 0.536. The molecule has 0 N–H and O–H groups in total. The summed E-state index contributed by atoms with van der Waals surface area (Å²) < 4.78 is 9.19. The average Bonchev–Trinajstić information content (AvgIpc) is 3.00. The van der Waals surface area contributed by atoms with E-state index in [-0.39, 0.29) is 11.1 Å². The van der Waals surface area contributed by atoms with E-state index in [4.69, 9.17) is 4.43 Å². The molecule has 1 unspecified atom stereocenters. The van der Waals surface area contributed by atoms with Crippen LogP contribution in [0.15, 0.2) is 24.3 Å². The molecule has 0 saturated heterocycles. The Hall–Kier alpha value is -1.91. The van der Waals surface area contributed by atoms with Crippen LogP contribution in [0, 0.1) is 41.5 Å². The molecule has 0 saturated carbocycles. The Labute approximate surface area is 197 Å². The van der Waals surface area contributed by atoms with Gasteiger partial charge in [-0.1, -0.05) is 56.2 Å². The van der Waals surface area contributed by atoms with Crippen molar-refractivity contribution in [3.05, 3.63) is 57.6 Å². The Balaban J connectivity index is 2.04. The zero-order chi connectivity index (χ0) is 24.0. The van der Waals surface area contributed by atoms with E-state index < -0.39 is 8.32 Å². The quantitative estimate of drug-likeness (QED) is 0.355. The second-order valence-corrected chi connectivity index (χ2v) is 16.2. The Bertz CT molecular complexity index is 1000. The summed E-state index contributed by atoms with van der Waals surface area (Å²) >= 11 is 0. The molecule has 2 aromatic carbocycles. The van der Waals surface area contributed by atoms with Gasteiger partial charge < -0.3 is 4.43 Å². The number of hydrogen-bond donors (Lipinski definition) is 0. The minimum absolute atomic E-state index is 0.208. The van der Waals surface area contributed by atoms with Gasteiger partial charge in [0.25, 0.3) is 0 Å². The third-order valence-electron chi connectivity index (χ3n) is 7.32. The van der Waals surface area contributed by atoms with Gasteiger partial charge in [0.1, 0.15) is 17.9 Å². The SMILES string of the molecule is Cc1cc(C)c(N2C=[N+](c3c(C)cc(C)cc3C)CC2CO[Si](C)(C)C(C)(C)C)c(C)c1. The van der Waals surface area contributed by atoms with Gasteiger partial charge in [-0.15, -0.1) is 0 Å². The molecule has 174 valence electrons. The van der Waals surface area contributed by atoms with Gasteiger partial charge in [-0.3, -0.25) is 0 Å². The second kappa shape index (κ2) is 8.79. The van der Waals surface area contributed by atoms with Crippen LogP contribution in [0.3, 0.4) is 0 Å². The first-order chi connectivity index (χ1) is 14.7. The van der Waals surface area contributed by atoms with Gasteiger partial charge in [-0.05, 0) is 81.9 Å². The highest BCUT2D eigenvalue weighted by atomic mass is 28.4. The van der Waals surface area contributed by atoms with Gasteiger partial charge in [0, 0.05) is 0 Å². The van der Waals surface area contributed by atoms with E-state index in [1.807, 2.05) is 0 Å². The van der Waals surface area contributed by atoms with Crippen molar-refractivity contribution in [2.45, 2.75) is 86.5 Å². The van der Waals surface area contributed by atoms with Gasteiger partial charge >= 0.3 is 0 Å². The van der Waals surface area contributed by atoms with Gasteiger partial charge in [0.15, 0.2) is 14.4 Å². The monoisotopic (exact) mass is 451 g/mol. The largest absolute Gasteiger partial charge is 0.412 e. The van der Waals surface area contributed by atoms with Gasteiger partial charge in [0.2, 0.25) is 6.34 Å². The highest BCUT2D eigenvalue weighted by molar-refractivity contribution is 6.74. The summed E-state index contributed by atoms with van der Waals surface area (Å²) in [6.07, 6.45) is 2.33. The lowest BCUT2D eigenvalue weighted by Gasteiger charge is -2.37. The van der Waals surface area contributed by atoms with Crippen LogP contribution in [0.5, 0.6) is 0 Å². The van der Waals surface area contributed by atoms with Crippen LogP contribution >= 0.6 is 0 Å². The molecule has 0 aliphatic carbocycles. The second-order valence-electron chi connectivity index (χ2n) is 11.4. The Kier molecular flexibility index (Phi) is 6.79. The maximum Gasteiger partial charge on any atom is 0.245 e. The Morgan fingerprint density at radius 2 is 1.34 bits per heavy atom. The lowest BCUT2D eigenvalue weighted by molar-refractivity contribution is -0.429. The third kappa shape index (κ3) is 4.86. The first-order valence-electron chi connectivity index (χ1n) is 11.9. The molecule has 1 aliphatic heterocycles. The lowest BCUT2D eigenvalue weighted by atomic mass is 10.0. The van der Waals surface area contributed by atoms with E-state index in [9.17, 15) is 0 Å². The zero-order valence-electron chi connectivity index (χ0n) is 22.2. The molecule has 0 amide bonds. The number of rotatable bonds is 5. The summed E-state index contributed by atoms with van der Waals surface area (Å²) in [5.41, 5.74) is 10.6. The minimum atomic E-state index is -1.83. The molecule has 1 heterocycles. The average molecular weight is 452 g/mol. The van der Waals surface area contributed by atoms with Crippen molar-refractivity contribution in [3.63, 3.8) is 0 Å². The Morgan fingerprint density at radius 3 is 1.81 bits per heavy atom. The van der Waals surface area contributed by atoms with E-state index in [1.54, 1.807) is 0 Å². The summed E-state index contributed by atoms with van der Waals surface area (Å²) in [4.78, 5) is 2.48. The zero-order valence-corrected chi connectivity index (χ0v) is 23.2. The van der Waals surface area contributed by atoms with Crippen molar-refractivity contribution in [3.8, 4) is 0 Å². The summed E-state index contributed by atoms with van der Waals surface area (Å²) in [6, 6.07) is 9.47. The fourth-order valence-electron chi connectivity index (χ4n) is 4.86. The molecular weight excluding hydrogens is 408 g/mol. The smallest absolute Gasteiger partial charge is 0.245 e. The first kappa shape index (κ1) is 24.7. The molecule has 0 bridgehead atoms. The molecular formula is C28H43N2OSi+. The topological polar surface area (TPSA) is 15.5 Å². The molecule has 0 aromatic heterocycles. The van der Waals surface area contributed by atoms with Crippen molar-refractivity contribution in [1.29, 1.82) is 0 Å². The summed E-state index contributed by atoms with van der Waals surface area (Å²) in [5.74, 6) is 0. The molecule has 3 rings (SSSR count). The predicted octanol–water partition coefficient (Wildman–Crippen LogP) is 7.12. The van der Waals surface area contributed by atoms with Crippen LogP contribution in [-0.2, 0) is 4.43 Å². The number of anilines is 1.